The Morgan fingerprint density at radius 2 is 1.86 bits per heavy atom. The van der Waals surface area contributed by atoms with Crippen molar-refractivity contribution in [3.8, 4) is 0 Å². The van der Waals surface area contributed by atoms with Crippen molar-refractivity contribution in [2.45, 2.75) is 38.7 Å². The molecule has 1 rings (SSSR count). The molecule has 14 heavy (non-hydrogen) atoms. The minimum atomic E-state index is -0.218. The molecule has 0 heterocycles. The Bertz CT molecular complexity index is 256. The van der Waals surface area contributed by atoms with E-state index in [0.29, 0.717) is 0 Å². The Morgan fingerprint density at radius 1 is 1.21 bits per heavy atom. The maximum Gasteiger partial charge on any atom is 0.123 e. The third kappa shape index (κ3) is 3.88. The van der Waals surface area contributed by atoms with Crippen LogP contribution in [0.2, 0.25) is 0 Å². The lowest BCUT2D eigenvalue weighted by Crippen LogP contribution is -2.06. The second-order valence-electron chi connectivity index (χ2n) is 3.61. The molecule has 0 aliphatic rings. The van der Waals surface area contributed by atoms with Crippen LogP contribution >= 0.6 is 0 Å². The van der Waals surface area contributed by atoms with E-state index in [1.54, 1.807) is 12.1 Å². The van der Waals surface area contributed by atoms with E-state index < -0.39 is 0 Å². The number of hydrogen-bond acceptors (Lipinski definition) is 1. The first-order chi connectivity index (χ1) is 6.72. The van der Waals surface area contributed by atoms with Crippen LogP contribution in [0.5, 0.6) is 0 Å². The number of aryl methyl sites for hydroxylation is 1. The van der Waals surface area contributed by atoms with Gasteiger partial charge in [-0.3, -0.25) is 0 Å². The Kier molecular flexibility index (Phi) is 4.60. The van der Waals surface area contributed by atoms with E-state index in [4.69, 9.17) is 0 Å². The summed E-state index contributed by atoms with van der Waals surface area (Å²) in [5, 5.41) is 9.49. The number of aliphatic hydroxyl groups excluding tert-OH is 1. The van der Waals surface area contributed by atoms with E-state index in [0.717, 1.165) is 31.2 Å². The van der Waals surface area contributed by atoms with Crippen molar-refractivity contribution in [2.24, 2.45) is 0 Å². The van der Waals surface area contributed by atoms with Crippen molar-refractivity contribution in [3.63, 3.8) is 0 Å². The third-order valence-corrected chi connectivity index (χ3v) is 2.30. The Morgan fingerprint density at radius 3 is 2.43 bits per heavy atom. The zero-order chi connectivity index (χ0) is 10.4. The van der Waals surface area contributed by atoms with E-state index >= 15 is 0 Å². The van der Waals surface area contributed by atoms with Gasteiger partial charge in [0.05, 0.1) is 6.10 Å². The second-order valence-corrected chi connectivity index (χ2v) is 3.61. The average molecular weight is 196 g/mol. The fourth-order valence-corrected chi connectivity index (χ4v) is 1.46. The molecule has 1 aromatic rings. The Balaban J connectivity index is 2.34. The fraction of sp³-hybridized carbons (Fsp3) is 0.500. The minimum Gasteiger partial charge on any atom is -0.393 e. The van der Waals surface area contributed by atoms with Gasteiger partial charge in [-0.1, -0.05) is 25.5 Å². The maximum absolute atomic E-state index is 12.6. The summed E-state index contributed by atoms with van der Waals surface area (Å²) in [6.07, 6.45) is 3.22. The quantitative estimate of drug-likeness (QED) is 0.767. The minimum absolute atomic E-state index is 0.206. The molecule has 0 radical (unpaired) electrons. The van der Waals surface area contributed by atoms with Crippen molar-refractivity contribution in [2.75, 3.05) is 0 Å². The van der Waals surface area contributed by atoms with Crippen molar-refractivity contribution < 1.29 is 9.50 Å². The first-order valence-corrected chi connectivity index (χ1v) is 5.15. The standard InChI is InChI=1S/C12H17FO/c1-2-3-12(14)9-6-10-4-7-11(13)8-5-10/h4-5,7-8,12,14H,2-3,6,9H2,1H3. The van der Waals surface area contributed by atoms with E-state index in [9.17, 15) is 9.50 Å². The summed E-state index contributed by atoms with van der Waals surface area (Å²) in [5.41, 5.74) is 1.08. The highest BCUT2D eigenvalue weighted by molar-refractivity contribution is 5.16. The van der Waals surface area contributed by atoms with Gasteiger partial charge in [0.1, 0.15) is 5.82 Å². The molecule has 1 N–H and O–H groups in total. The third-order valence-electron chi connectivity index (χ3n) is 2.30. The lowest BCUT2D eigenvalue weighted by Gasteiger charge is -2.08. The van der Waals surface area contributed by atoms with Gasteiger partial charge in [-0.2, -0.15) is 0 Å². The molecule has 1 nitrogen and oxygen atoms in total. The van der Waals surface area contributed by atoms with Crippen LogP contribution in [0.1, 0.15) is 31.7 Å². The zero-order valence-electron chi connectivity index (χ0n) is 8.54. The first kappa shape index (κ1) is 11.2. The number of halogens is 1. The smallest absolute Gasteiger partial charge is 0.123 e. The van der Waals surface area contributed by atoms with Crippen LogP contribution in [0.25, 0.3) is 0 Å². The summed E-state index contributed by atoms with van der Waals surface area (Å²) in [6, 6.07) is 6.46. The Hall–Kier alpha value is -0.890. The summed E-state index contributed by atoms with van der Waals surface area (Å²) >= 11 is 0. The Labute approximate surface area is 84.6 Å². The van der Waals surface area contributed by atoms with Gasteiger partial charge in [0.25, 0.3) is 0 Å². The van der Waals surface area contributed by atoms with Crippen LogP contribution in [0, 0.1) is 5.82 Å². The van der Waals surface area contributed by atoms with Crippen molar-refractivity contribution >= 4 is 0 Å². The summed E-state index contributed by atoms with van der Waals surface area (Å²) in [4.78, 5) is 0. The van der Waals surface area contributed by atoms with Gasteiger partial charge in [-0.25, -0.2) is 4.39 Å². The van der Waals surface area contributed by atoms with Crippen LogP contribution in [0.4, 0.5) is 4.39 Å². The molecular weight excluding hydrogens is 179 g/mol. The van der Waals surface area contributed by atoms with Gasteiger partial charge in [-0.05, 0) is 37.0 Å². The van der Waals surface area contributed by atoms with Gasteiger partial charge < -0.3 is 5.11 Å². The summed E-state index contributed by atoms with van der Waals surface area (Å²) in [7, 11) is 0. The van der Waals surface area contributed by atoms with Crippen LogP contribution in [-0.2, 0) is 6.42 Å². The lowest BCUT2D eigenvalue weighted by molar-refractivity contribution is 0.154. The van der Waals surface area contributed by atoms with E-state index in [1.807, 2.05) is 0 Å². The molecule has 0 amide bonds. The summed E-state index contributed by atoms with van der Waals surface area (Å²) < 4.78 is 12.6. The van der Waals surface area contributed by atoms with Gasteiger partial charge in [0.15, 0.2) is 0 Å². The molecule has 0 aliphatic carbocycles. The predicted octanol–water partition coefficient (Wildman–Crippen LogP) is 2.92. The van der Waals surface area contributed by atoms with E-state index in [-0.39, 0.29) is 11.9 Å². The van der Waals surface area contributed by atoms with Gasteiger partial charge in [0.2, 0.25) is 0 Å². The topological polar surface area (TPSA) is 20.2 Å². The molecule has 0 aromatic heterocycles. The SMILES string of the molecule is CCCC(O)CCc1ccc(F)cc1. The average Bonchev–Trinajstić information content (AvgIpc) is 2.17. The largest absolute Gasteiger partial charge is 0.393 e. The molecule has 0 spiro atoms. The van der Waals surface area contributed by atoms with Crippen molar-refractivity contribution in [1.82, 2.24) is 0 Å². The van der Waals surface area contributed by atoms with E-state index in [2.05, 4.69) is 6.92 Å². The summed E-state index contributed by atoms with van der Waals surface area (Å²) in [6.45, 7) is 2.06. The number of hydrogen-bond donors (Lipinski definition) is 1. The molecule has 1 atom stereocenters. The number of aliphatic hydroxyl groups is 1. The van der Waals surface area contributed by atoms with Gasteiger partial charge >= 0.3 is 0 Å². The molecule has 1 aromatic carbocycles. The van der Waals surface area contributed by atoms with Gasteiger partial charge in [0, 0.05) is 0 Å². The first-order valence-electron chi connectivity index (χ1n) is 5.15. The van der Waals surface area contributed by atoms with Gasteiger partial charge in [-0.15, -0.1) is 0 Å². The lowest BCUT2D eigenvalue weighted by atomic mass is 10.0. The highest BCUT2D eigenvalue weighted by atomic mass is 19.1. The molecule has 1 unspecified atom stereocenters. The second kappa shape index (κ2) is 5.76. The molecule has 0 saturated carbocycles. The van der Waals surface area contributed by atoms with Crippen LogP contribution in [0.15, 0.2) is 24.3 Å². The fourth-order valence-electron chi connectivity index (χ4n) is 1.46. The van der Waals surface area contributed by atoms with Crippen molar-refractivity contribution in [3.05, 3.63) is 35.6 Å². The monoisotopic (exact) mass is 196 g/mol. The summed E-state index contributed by atoms with van der Waals surface area (Å²) in [5.74, 6) is -0.206. The predicted molar refractivity (Wildman–Crippen MR) is 55.6 cm³/mol. The number of rotatable bonds is 5. The molecule has 2 heteroatoms. The van der Waals surface area contributed by atoms with Crippen LogP contribution < -0.4 is 0 Å². The van der Waals surface area contributed by atoms with Crippen LogP contribution in [-0.4, -0.2) is 11.2 Å². The maximum atomic E-state index is 12.6. The molecule has 0 bridgehead atoms. The normalized spacial score (nSPS) is 12.8. The molecule has 0 aliphatic heterocycles. The highest BCUT2D eigenvalue weighted by Crippen LogP contribution is 2.09. The van der Waals surface area contributed by atoms with E-state index in [1.165, 1.54) is 12.1 Å². The molecule has 0 saturated heterocycles. The van der Waals surface area contributed by atoms with Crippen LogP contribution in [0.3, 0.4) is 0 Å². The number of benzene rings is 1. The zero-order valence-corrected chi connectivity index (χ0v) is 8.54. The highest BCUT2D eigenvalue weighted by Gasteiger charge is 2.02. The molecule has 0 fully saturated rings. The van der Waals surface area contributed by atoms with Crippen molar-refractivity contribution in [1.29, 1.82) is 0 Å². The molecule has 78 valence electrons. The molecular formula is C12H17FO.